The van der Waals surface area contributed by atoms with Crippen LogP contribution in [0.4, 0.5) is 10.3 Å². The molecule has 0 spiro atoms. The summed E-state index contributed by atoms with van der Waals surface area (Å²) < 4.78 is 23.8. The summed E-state index contributed by atoms with van der Waals surface area (Å²) in [4.78, 5) is 11.2. The van der Waals surface area contributed by atoms with Crippen molar-refractivity contribution in [2.75, 3.05) is 32.6 Å². The summed E-state index contributed by atoms with van der Waals surface area (Å²) in [5.41, 5.74) is 4.83. The van der Waals surface area contributed by atoms with Crippen LogP contribution in [0.5, 0.6) is 5.75 Å². The quantitative estimate of drug-likeness (QED) is 0.453. The molecule has 1 N–H and O–H groups in total. The number of hydrogen-bond acceptors (Lipinski definition) is 7. The fourth-order valence-corrected chi connectivity index (χ4v) is 4.24. The van der Waals surface area contributed by atoms with E-state index in [9.17, 15) is 9.65 Å². The lowest BCUT2D eigenvalue weighted by molar-refractivity contribution is 0.356. The maximum atomic E-state index is 14.6. The second kappa shape index (κ2) is 8.76. The monoisotopic (exact) mass is 460 g/mol. The minimum atomic E-state index is -0.284. The number of ether oxygens (including phenoxy) is 1. The SMILES string of the molecule is Cc1cc(-c2cnc(NCc3c(F)ccc4c3CCO4)n3cc(C#N)nc23)n(CCN(C)C)n1. The number of nitrogens with one attached hydrogen (secondary N) is 1. The zero-order chi connectivity index (χ0) is 23.8. The van der Waals surface area contributed by atoms with E-state index in [-0.39, 0.29) is 18.1 Å². The summed E-state index contributed by atoms with van der Waals surface area (Å²) in [7, 11) is 4.03. The highest BCUT2D eigenvalue weighted by atomic mass is 19.1. The molecule has 0 saturated heterocycles. The Labute approximate surface area is 196 Å². The van der Waals surface area contributed by atoms with Crippen molar-refractivity contribution in [1.29, 1.82) is 5.26 Å². The predicted octanol–water partition coefficient (Wildman–Crippen LogP) is 3.02. The molecule has 5 rings (SSSR count). The fourth-order valence-electron chi connectivity index (χ4n) is 4.24. The smallest absolute Gasteiger partial charge is 0.208 e. The van der Waals surface area contributed by atoms with Crippen LogP contribution in [0, 0.1) is 24.1 Å². The number of halogens is 1. The first-order chi connectivity index (χ1) is 16.4. The third-order valence-corrected chi connectivity index (χ3v) is 5.91. The van der Waals surface area contributed by atoms with Gasteiger partial charge in [0, 0.05) is 36.8 Å². The zero-order valence-corrected chi connectivity index (χ0v) is 19.3. The summed E-state index contributed by atoms with van der Waals surface area (Å²) in [6, 6.07) is 7.19. The van der Waals surface area contributed by atoms with Gasteiger partial charge in [-0.15, -0.1) is 0 Å². The summed E-state index contributed by atoms with van der Waals surface area (Å²) in [5.74, 6) is 0.912. The predicted molar refractivity (Wildman–Crippen MR) is 125 cm³/mol. The van der Waals surface area contributed by atoms with Gasteiger partial charge in [0.2, 0.25) is 5.95 Å². The van der Waals surface area contributed by atoms with E-state index in [1.54, 1.807) is 22.9 Å². The molecule has 174 valence electrons. The molecule has 0 atom stereocenters. The highest BCUT2D eigenvalue weighted by Gasteiger charge is 2.21. The Morgan fingerprint density at radius 1 is 1.32 bits per heavy atom. The van der Waals surface area contributed by atoms with E-state index in [4.69, 9.17) is 4.74 Å². The third-order valence-electron chi connectivity index (χ3n) is 5.91. The Kier molecular flexibility index (Phi) is 5.63. The number of nitrogens with zero attached hydrogens (tertiary/aromatic N) is 7. The lowest BCUT2D eigenvalue weighted by Gasteiger charge is -2.14. The van der Waals surface area contributed by atoms with Crippen LogP contribution in [-0.4, -0.2) is 56.3 Å². The van der Waals surface area contributed by atoms with Crippen LogP contribution in [-0.2, 0) is 19.5 Å². The Hall–Kier alpha value is -3.97. The Bertz CT molecular complexity index is 1410. The van der Waals surface area contributed by atoms with Crippen molar-refractivity contribution in [2.24, 2.45) is 0 Å². The van der Waals surface area contributed by atoms with E-state index >= 15 is 0 Å². The van der Waals surface area contributed by atoms with E-state index in [1.165, 1.54) is 6.07 Å². The van der Waals surface area contributed by atoms with Gasteiger partial charge in [-0.1, -0.05) is 0 Å². The Balaban J connectivity index is 1.53. The Morgan fingerprint density at radius 2 is 2.18 bits per heavy atom. The van der Waals surface area contributed by atoms with E-state index < -0.39 is 0 Å². The van der Waals surface area contributed by atoms with Crippen LogP contribution in [0.25, 0.3) is 16.9 Å². The molecule has 0 bridgehead atoms. The number of hydrogen-bond donors (Lipinski definition) is 1. The van der Waals surface area contributed by atoms with Crippen molar-refractivity contribution >= 4 is 11.6 Å². The molecule has 10 heteroatoms. The minimum Gasteiger partial charge on any atom is -0.493 e. The van der Waals surface area contributed by atoms with Gasteiger partial charge in [0.1, 0.15) is 17.6 Å². The number of fused-ring (bicyclic) bond motifs is 2. The zero-order valence-electron chi connectivity index (χ0n) is 19.3. The van der Waals surface area contributed by atoms with Gasteiger partial charge in [0.25, 0.3) is 0 Å². The molecule has 4 heterocycles. The Morgan fingerprint density at radius 3 is 2.97 bits per heavy atom. The molecule has 0 unspecified atom stereocenters. The third kappa shape index (κ3) is 3.95. The molecule has 34 heavy (non-hydrogen) atoms. The molecule has 3 aromatic heterocycles. The van der Waals surface area contributed by atoms with Gasteiger partial charge in [0.15, 0.2) is 11.3 Å². The molecule has 9 nitrogen and oxygen atoms in total. The van der Waals surface area contributed by atoms with E-state index in [0.29, 0.717) is 36.7 Å². The molecule has 0 saturated carbocycles. The first-order valence-corrected chi connectivity index (χ1v) is 11.1. The van der Waals surface area contributed by atoms with E-state index in [1.807, 2.05) is 31.8 Å². The van der Waals surface area contributed by atoms with E-state index in [0.717, 1.165) is 34.8 Å². The number of anilines is 1. The number of likely N-dealkylation sites (N-methyl/N-ethyl adjacent to an activating group) is 1. The van der Waals surface area contributed by atoms with Crippen LogP contribution in [0.3, 0.4) is 0 Å². The number of imidazole rings is 1. The first-order valence-electron chi connectivity index (χ1n) is 11.1. The minimum absolute atomic E-state index is 0.236. The topological polar surface area (TPSA) is 96.3 Å². The average Bonchev–Trinajstić information content (AvgIpc) is 3.54. The van der Waals surface area contributed by atoms with Crippen LogP contribution in [0.15, 0.2) is 30.6 Å². The highest BCUT2D eigenvalue weighted by Crippen LogP contribution is 2.31. The lowest BCUT2D eigenvalue weighted by Crippen LogP contribution is -2.19. The maximum absolute atomic E-state index is 14.6. The first kappa shape index (κ1) is 21.9. The second-order valence-electron chi connectivity index (χ2n) is 8.58. The molecule has 1 aliphatic rings. The number of aryl methyl sites for hydroxylation is 1. The number of aromatic nitrogens is 5. The molecule has 1 aliphatic heterocycles. The van der Waals surface area contributed by atoms with Crippen LogP contribution in [0.2, 0.25) is 0 Å². The molecular formula is C24H25FN8O. The number of benzene rings is 1. The summed E-state index contributed by atoms with van der Waals surface area (Å²) in [6.07, 6.45) is 4.03. The maximum Gasteiger partial charge on any atom is 0.208 e. The summed E-state index contributed by atoms with van der Waals surface area (Å²) >= 11 is 0. The van der Waals surface area contributed by atoms with Gasteiger partial charge in [-0.25, -0.2) is 14.4 Å². The van der Waals surface area contributed by atoms with Gasteiger partial charge in [-0.2, -0.15) is 10.4 Å². The normalized spacial score (nSPS) is 12.7. The van der Waals surface area contributed by atoms with Gasteiger partial charge in [0.05, 0.1) is 36.3 Å². The van der Waals surface area contributed by atoms with Crippen molar-refractivity contribution in [3.05, 3.63) is 58.9 Å². The highest BCUT2D eigenvalue weighted by molar-refractivity contribution is 5.76. The van der Waals surface area contributed by atoms with Gasteiger partial charge >= 0.3 is 0 Å². The van der Waals surface area contributed by atoms with Gasteiger partial charge in [-0.05, 0) is 39.2 Å². The van der Waals surface area contributed by atoms with Gasteiger partial charge < -0.3 is 15.0 Å². The fraction of sp³-hybridized carbons (Fsp3) is 0.333. The molecular weight excluding hydrogens is 435 g/mol. The molecule has 0 fully saturated rings. The molecule has 1 aromatic carbocycles. The van der Waals surface area contributed by atoms with Crippen molar-refractivity contribution < 1.29 is 9.13 Å². The molecule has 0 amide bonds. The molecule has 4 aromatic rings. The van der Waals surface area contributed by atoms with Crippen LogP contribution in [0.1, 0.15) is 22.5 Å². The number of rotatable bonds is 7. The largest absolute Gasteiger partial charge is 0.493 e. The summed E-state index contributed by atoms with van der Waals surface area (Å²) in [6.45, 7) is 4.26. The van der Waals surface area contributed by atoms with Crippen molar-refractivity contribution in [3.8, 4) is 23.1 Å². The van der Waals surface area contributed by atoms with Crippen molar-refractivity contribution in [1.82, 2.24) is 29.0 Å². The van der Waals surface area contributed by atoms with Crippen LogP contribution < -0.4 is 10.1 Å². The standard InChI is InChI=1S/C24H25FN8O/c1-15-10-21(33(30-15)8-7-31(2)3)19-13-28-24(32-14-16(11-26)29-23(19)32)27-12-18-17-6-9-34-22(17)5-4-20(18)25/h4-5,10,13-14H,6-9,12H2,1-3H3,(H,27,28). The summed E-state index contributed by atoms with van der Waals surface area (Å²) in [5, 5.41) is 17.3. The van der Waals surface area contributed by atoms with E-state index in [2.05, 4.69) is 31.4 Å². The average molecular weight is 461 g/mol. The second-order valence-corrected chi connectivity index (χ2v) is 8.58. The van der Waals surface area contributed by atoms with Crippen molar-refractivity contribution in [2.45, 2.75) is 26.4 Å². The molecule has 0 radical (unpaired) electrons. The van der Waals surface area contributed by atoms with Crippen LogP contribution >= 0.6 is 0 Å². The number of nitriles is 1. The lowest BCUT2D eigenvalue weighted by atomic mass is 10.0. The van der Waals surface area contributed by atoms with Gasteiger partial charge in [-0.3, -0.25) is 9.08 Å². The van der Waals surface area contributed by atoms with Crippen molar-refractivity contribution in [3.63, 3.8) is 0 Å². The molecule has 0 aliphatic carbocycles.